The highest BCUT2D eigenvalue weighted by molar-refractivity contribution is 6.02. The van der Waals surface area contributed by atoms with Crippen LogP contribution in [0.2, 0.25) is 0 Å². The lowest BCUT2D eigenvalue weighted by atomic mass is 9.99. The Bertz CT molecular complexity index is 1720. The molecule has 1 amide bonds. The summed E-state index contributed by atoms with van der Waals surface area (Å²) in [5.41, 5.74) is 3.82. The molecule has 2 N–H and O–H groups in total. The van der Waals surface area contributed by atoms with Crippen molar-refractivity contribution in [1.82, 2.24) is 19.8 Å². The largest absolute Gasteiger partial charge is 0.494 e. The minimum absolute atomic E-state index is 0.0923. The zero-order chi connectivity index (χ0) is 33.9. The minimum atomic E-state index is -0.281. The number of ether oxygens (including phenoxy) is 1. The number of amides is 1. The third kappa shape index (κ3) is 7.20. The van der Waals surface area contributed by atoms with Crippen LogP contribution in [0.3, 0.4) is 0 Å². The van der Waals surface area contributed by atoms with E-state index in [2.05, 4.69) is 54.9 Å². The Morgan fingerprint density at radius 2 is 1.88 bits per heavy atom. The molecule has 4 fully saturated rings. The van der Waals surface area contributed by atoms with Gasteiger partial charge in [0, 0.05) is 69.4 Å². The van der Waals surface area contributed by atoms with Gasteiger partial charge in [0.15, 0.2) is 5.82 Å². The van der Waals surface area contributed by atoms with Crippen LogP contribution < -0.4 is 25.3 Å². The number of methoxy groups -OCH3 is 1. The van der Waals surface area contributed by atoms with Crippen LogP contribution in [-0.2, 0) is 9.63 Å². The highest BCUT2D eigenvalue weighted by Crippen LogP contribution is 2.41. The Labute approximate surface area is 288 Å². The first-order valence-corrected chi connectivity index (χ1v) is 17.4. The fourth-order valence-corrected chi connectivity index (χ4v) is 7.62. The summed E-state index contributed by atoms with van der Waals surface area (Å²) in [6, 6.07) is 17.3. The molecule has 0 radical (unpaired) electrons. The van der Waals surface area contributed by atoms with Crippen LogP contribution in [-0.4, -0.2) is 90.2 Å². The predicted molar refractivity (Wildman–Crippen MR) is 190 cm³/mol. The smallest absolute Gasteiger partial charge is 0.247 e. The lowest BCUT2D eigenvalue weighted by Gasteiger charge is -2.47. The molecule has 7 rings (SSSR count). The van der Waals surface area contributed by atoms with Crippen LogP contribution in [0, 0.1) is 11.3 Å². The van der Waals surface area contributed by atoms with Crippen molar-refractivity contribution < 1.29 is 14.4 Å². The van der Waals surface area contributed by atoms with Gasteiger partial charge >= 0.3 is 0 Å². The molecule has 4 aliphatic rings. The topological polar surface area (TPSA) is 122 Å². The molecule has 2 aromatic carbocycles. The van der Waals surface area contributed by atoms with E-state index in [9.17, 15) is 10.1 Å². The number of rotatable bonds is 10. The Balaban J connectivity index is 1.09. The summed E-state index contributed by atoms with van der Waals surface area (Å²) < 4.78 is 5.89. The number of piperidine rings is 1. The second-order valence-corrected chi connectivity index (χ2v) is 13.4. The number of hydrogen-bond donors (Lipinski definition) is 2. The normalized spacial score (nSPS) is 22.1. The van der Waals surface area contributed by atoms with Crippen LogP contribution in [0.4, 0.5) is 28.7 Å². The molecule has 1 saturated carbocycles. The number of nitrogens with zero attached hydrogens (tertiary/aromatic N) is 7. The third-order valence-corrected chi connectivity index (χ3v) is 10.3. The number of aromatic nitrogens is 2. The molecular weight excluding hydrogens is 618 g/mol. The fourth-order valence-electron chi connectivity index (χ4n) is 7.62. The molecule has 0 unspecified atom stereocenters. The average molecular weight is 664 g/mol. The number of hydroxylamine groups is 1. The van der Waals surface area contributed by atoms with Gasteiger partial charge in [-0.2, -0.15) is 5.26 Å². The second kappa shape index (κ2) is 14.4. The zero-order valence-corrected chi connectivity index (χ0v) is 28.3. The van der Waals surface area contributed by atoms with E-state index >= 15 is 0 Å². The Morgan fingerprint density at radius 3 is 2.61 bits per heavy atom. The maximum absolute atomic E-state index is 12.6. The third-order valence-electron chi connectivity index (χ3n) is 10.3. The molecule has 1 aromatic heterocycles. The fraction of sp³-hybridized carbons (Fsp3) is 0.459. The van der Waals surface area contributed by atoms with Gasteiger partial charge in [0.25, 0.3) is 0 Å². The van der Waals surface area contributed by atoms with E-state index in [1.165, 1.54) is 38.3 Å². The van der Waals surface area contributed by atoms with E-state index < -0.39 is 0 Å². The van der Waals surface area contributed by atoms with Crippen LogP contribution in [0.15, 0.2) is 61.4 Å². The number of piperazine rings is 1. The number of hydrogen-bond acceptors (Lipinski definition) is 11. The number of carbonyl (C=O) groups is 1. The number of nitrogens with one attached hydrogen (secondary N) is 2. The standard InChI is InChI=1S/C37H45N9O3/c1-4-37(47)42-30-19-31(41-35-21-36(40-24-39-35)46-32(12-17-49-46)27-7-5-6-26(18-27)22-38)34(48-3)20-33(30)43-13-10-29(11-14-43)45-16-15-44(23-25(45)2)28-8-9-28/h4-7,18-21,24-25,28-29,32H,1,8-17,23H2,2-3H3,(H,42,47)(H,39,40,41)/t25-,32+/m0/s1. The number of anilines is 5. The van der Waals surface area contributed by atoms with E-state index in [0.717, 1.165) is 56.2 Å². The molecule has 3 aromatic rings. The second-order valence-electron chi connectivity index (χ2n) is 13.4. The predicted octanol–water partition coefficient (Wildman–Crippen LogP) is 5.25. The maximum atomic E-state index is 12.6. The Morgan fingerprint density at radius 1 is 1.04 bits per heavy atom. The van der Waals surface area contributed by atoms with Gasteiger partial charge in [-0.05, 0) is 62.4 Å². The van der Waals surface area contributed by atoms with Gasteiger partial charge in [-0.15, -0.1) is 0 Å². The van der Waals surface area contributed by atoms with E-state index in [1.54, 1.807) is 18.2 Å². The molecule has 3 aliphatic heterocycles. The SMILES string of the molecule is C=CC(=O)Nc1cc(Nc2cc(N3OCC[C@@H]3c3cccc(C#N)c3)ncn2)c(OC)cc1N1CCC(N2CCN(C3CC3)C[C@@H]2C)CC1. The molecule has 3 saturated heterocycles. The first kappa shape index (κ1) is 32.8. The summed E-state index contributed by atoms with van der Waals surface area (Å²) in [4.78, 5) is 35.4. The number of nitriles is 1. The number of benzene rings is 2. The molecule has 12 nitrogen and oxygen atoms in total. The summed E-state index contributed by atoms with van der Waals surface area (Å²) in [6.45, 7) is 11.8. The molecule has 0 spiro atoms. The summed E-state index contributed by atoms with van der Waals surface area (Å²) in [5.74, 6) is 1.47. The van der Waals surface area contributed by atoms with Crippen LogP contribution >= 0.6 is 0 Å². The van der Waals surface area contributed by atoms with Crippen molar-refractivity contribution in [2.45, 2.75) is 63.2 Å². The quantitative estimate of drug-likeness (QED) is 0.277. The summed E-state index contributed by atoms with van der Waals surface area (Å²) in [5, 5.41) is 17.6. The van der Waals surface area contributed by atoms with E-state index in [-0.39, 0.29) is 11.9 Å². The average Bonchev–Trinajstić information content (AvgIpc) is 3.87. The molecule has 1 aliphatic carbocycles. The van der Waals surface area contributed by atoms with Crippen molar-refractivity contribution in [3.05, 3.63) is 72.6 Å². The zero-order valence-electron chi connectivity index (χ0n) is 28.3. The molecule has 4 heterocycles. The minimum Gasteiger partial charge on any atom is -0.494 e. The van der Waals surface area contributed by atoms with Crippen LogP contribution in [0.1, 0.15) is 56.2 Å². The van der Waals surface area contributed by atoms with Crippen molar-refractivity contribution in [3.63, 3.8) is 0 Å². The summed E-state index contributed by atoms with van der Waals surface area (Å²) in [6.07, 6.45) is 8.39. The summed E-state index contributed by atoms with van der Waals surface area (Å²) >= 11 is 0. The van der Waals surface area contributed by atoms with Gasteiger partial charge in [-0.25, -0.2) is 15.0 Å². The Hall–Kier alpha value is -4.70. The first-order chi connectivity index (χ1) is 23.9. The van der Waals surface area contributed by atoms with Crippen molar-refractivity contribution in [2.24, 2.45) is 0 Å². The van der Waals surface area contributed by atoms with Crippen molar-refractivity contribution in [3.8, 4) is 11.8 Å². The molecule has 12 heteroatoms. The van der Waals surface area contributed by atoms with Gasteiger partial charge in [-0.3, -0.25) is 19.4 Å². The van der Waals surface area contributed by atoms with Crippen molar-refractivity contribution >= 4 is 34.6 Å². The molecular formula is C37H45N9O3. The van der Waals surface area contributed by atoms with Crippen molar-refractivity contribution in [2.75, 3.05) is 67.0 Å². The van der Waals surface area contributed by atoms with Gasteiger partial charge in [0.05, 0.1) is 48.5 Å². The van der Waals surface area contributed by atoms with Gasteiger partial charge < -0.3 is 20.3 Å². The highest BCUT2D eigenvalue weighted by Gasteiger charge is 2.37. The lowest BCUT2D eigenvalue weighted by Crippen LogP contribution is -2.57. The van der Waals surface area contributed by atoms with Gasteiger partial charge in [0.1, 0.15) is 17.9 Å². The van der Waals surface area contributed by atoms with E-state index in [1.807, 2.05) is 36.4 Å². The monoisotopic (exact) mass is 663 g/mol. The molecule has 256 valence electrons. The van der Waals surface area contributed by atoms with Gasteiger partial charge in [-0.1, -0.05) is 18.7 Å². The van der Waals surface area contributed by atoms with Crippen molar-refractivity contribution in [1.29, 1.82) is 5.26 Å². The Kier molecular flexibility index (Phi) is 9.66. The van der Waals surface area contributed by atoms with E-state index in [0.29, 0.717) is 53.0 Å². The molecule has 49 heavy (non-hydrogen) atoms. The molecule has 2 atom stereocenters. The lowest BCUT2D eigenvalue weighted by molar-refractivity contribution is -0.111. The van der Waals surface area contributed by atoms with Crippen LogP contribution in [0.5, 0.6) is 5.75 Å². The molecule has 0 bridgehead atoms. The van der Waals surface area contributed by atoms with Crippen LogP contribution in [0.25, 0.3) is 0 Å². The highest BCUT2D eigenvalue weighted by atomic mass is 16.7. The first-order valence-electron chi connectivity index (χ1n) is 17.4. The summed E-state index contributed by atoms with van der Waals surface area (Å²) in [7, 11) is 1.64. The van der Waals surface area contributed by atoms with E-state index in [4.69, 9.17) is 9.57 Å². The van der Waals surface area contributed by atoms with Gasteiger partial charge in [0.2, 0.25) is 5.91 Å². The maximum Gasteiger partial charge on any atom is 0.247 e. The number of carbonyl (C=O) groups excluding carboxylic acids is 1.